The second kappa shape index (κ2) is 7.15. The smallest absolute Gasteiger partial charge is 0.414 e. The monoisotopic (exact) mass is 274 g/mol. The number of carboxylic acid groups (broad SMARTS) is 2. The summed E-state index contributed by atoms with van der Waals surface area (Å²) in [6, 6.07) is 0. The van der Waals surface area contributed by atoms with Crippen LogP contribution in [0.4, 0.5) is 0 Å². The van der Waals surface area contributed by atoms with Crippen LogP contribution in [0.2, 0.25) is 0 Å². The van der Waals surface area contributed by atoms with Gasteiger partial charge in [-0.1, -0.05) is 0 Å². The topological polar surface area (TPSA) is 106 Å². The van der Waals surface area contributed by atoms with Gasteiger partial charge in [-0.05, 0) is 0 Å². The van der Waals surface area contributed by atoms with E-state index in [1.54, 1.807) is 0 Å². The Morgan fingerprint density at radius 1 is 1.00 bits per heavy atom. The molecule has 0 aliphatic carbocycles. The second-order valence-corrected chi connectivity index (χ2v) is 0.610. The molecule has 0 amide bonds. The van der Waals surface area contributed by atoms with Crippen LogP contribution in [0, 0.1) is 37.3 Å². The van der Waals surface area contributed by atoms with Crippen molar-refractivity contribution in [3.8, 4) is 0 Å². The van der Waals surface area contributed by atoms with E-state index in [-0.39, 0.29) is 42.8 Å². The van der Waals surface area contributed by atoms with Gasteiger partial charge in [-0.2, -0.15) is 0 Å². The number of aliphatic carboxylic acids is 2. The molecule has 0 saturated carbocycles. The Hall–Kier alpha value is 0.147. The molecular formula is C2H4ErO5. The first-order valence-corrected chi connectivity index (χ1v) is 1.11. The first-order chi connectivity index (χ1) is 2.64. The molecule has 0 atom stereocenters. The fraction of sp³-hybridized carbons (Fsp3) is 0. The average molecular weight is 275 g/mol. The molecule has 0 heterocycles. The molecule has 5 nitrogen and oxygen atoms in total. The second-order valence-electron chi connectivity index (χ2n) is 0.610. The third-order valence-corrected chi connectivity index (χ3v) is 0.183. The van der Waals surface area contributed by atoms with Gasteiger partial charge in [0.25, 0.3) is 0 Å². The molecule has 0 bridgehead atoms. The minimum Gasteiger partial charge on any atom is -0.473 e. The molecule has 0 unspecified atom stereocenters. The summed E-state index contributed by atoms with van der Waals surface area (Å²) in [5.74, 6) is -3.65. The van der Waals surface area contributed by atoms with Crippen molar-refractivity contribution < 1.29 is 62.6 Å². The first-order valence-electron chi connectivity index (χ1n) is 1.11. The van der Waals surface area contributed by atoms with E-state index < -0.39 is 11.9 Å². The van der Waals surface area contributed by atoms with Crippen molar-refractivity contribution in [1.82, 2.24) is 0 Å². The minimum absolute atomic E-state index is 0. The number of hydrogen-bond acceptors (Lipinski definition) is 2. The fourth-order valence-corrected chi connectivity index (χ4v) is 0. The SMILES string of the molecule is O.O=C(O)C(=O)O.[Er]. The van der Waals surface area contributed by atoms with E-state index >= 15 is 0 Å². The summed E-state index contributed by atoms with van der Waals surface area (Å²) in [5.41, 5.74) is 0. The summed E-state index contributed by atoms with van der Waals surface area (Å²) in [7, 11) is 0. The van der Waals surface area contributed by atoms with E-state index in [4.69, 9.17) is 19.8 Å². The third kappa shape index (κ3) is 9.47. The van der Waals surface area contributed by atoms with Crippen molar-refractivity contribution in [2.45, 2.75) is 0 Å². The Morgan fingerprint density at radius 2 is 1.12 bits per heavy atom. The Balaban J connectivity index is -0.000000125. The molecular weight excluding hydrogens is 271 g/mol. The first kappa shape index (κ1) is 15.7. The molecule has 54 valence electrons. The van der Waals surface area contributed by atoms with Crippen LogP contribution in [0.3, 0.4) is 0 Å². The average Bonchev–Trinajstić information content (AvgIpc) is 1.36. The van der Waals surface area contributed by atoms with Gasteiger partial charge in [-0.15, -0.1) is 0 Å². The summed E-state index contributed by atoms with van der Waals surface area (Å²) < 4.78 is 0. The van der Waals surface area contributed by atoms with Gasteiger partial charge >= 0.3 is 11.9 Å². The molecule has 0 rings (SSSR count). The van der Waals surface area contributed by atoms with Crippen LogP contribution in [0.25, 0.3) is 0 Å². The van der Waals surface area contributed by atoms with Gasteiger partial charge in [0.2, 0.25) is 0 Å². The van der Waals surface area contributed by atoms with Crippen molar-refractivity contribution in [3.63, 3.8) is 0 Å². The molecule has 0 aliphatic rings. The van der Waals surface area contributed by atoms with E-state index in [2.05, 4.69) is 0 Å². The summed E-state index contributed by atoms with van der Waals surface area (Å²) >= 11 is 0. The molecule has 0 radical (unpaired) electrons. The van der Waals surface area contributed by atoms with E-state index in [1.165, 1.54) is 0 Å². The predicted octanol–water partition coefficient (Wildman–Crippen LogP) is -1.67. The molecule has 6 heteroatoms. The van der Waals surface area contributed by atoms with Gasteiger partial charge in [-0.3, -0.25) is 0 Å². The van der Waals surface area contributed by atoms with E-state index in [0.717, 1.165) is 0 Å². The van der Waals surface area contributed by atoms with Crippen molar-refractivity contribution in [2.75, 3.05) is 0 Å². The molecule has 0 aliphatic heterocycles. The maximum atomic E-state index is 9.10. The Kier molecular flexibility index (Phi) is 14.0. The van der Waals surface area contributed by atoms with E-state index in [9.17, 15) is 0 Å². The van der Waals surface area contributed by atoms with Crippen molar-refractivity contribution in [2.24, 2.45) is 0 Å². The molecule has 0 aromatic carbocycles. The Bertz CT molecular complexity index is 76.4. The van der Waals surface area contributed by atoms with E-state index in [0.29, 0.717) is 0 Å². The third-order valence-electron chi connectivity index (χ3n) is 0.183. The number of hydrogen-bond donors (Lipinski definition) is 2. The molecule has 0 saturated heterocycles. The van der Waals surface area contributed by atoms with Crippen LogP contribution < -0.4 is 0 Å². The van der Waals surface area contributed by atoms with Crippen LogP contribution in [0.1, 0.15) is 0 Å². The maximum Gasteiger partial charge on any atom is 0.414 e. The van der Waals surface area contributed by atoms with Crippen LogP contribution >= 0.6 is 0 Å². The molecule has 0 aromatic heterocycles. The van der Waals surface area contributed by atoms with Gasteiger partial charge in [-0.25, -0.2) is 9.59 Å². The van der Waals surface area contributed by atoms with Crippen LogP contribution in [-0.4, -0.2) is 27.6 Å². The molecule has 0 spiro atoms. The van der Waals surface area contributed by atoms with E-state index in [1.807, 2.05) is 0 Å². The van der Waals surface area contributed by atoms with Gasteiger partial charge in [0, 0.05) is 37.3 Å². The summed E-state index contributed by atoms with van der Waals surface area (Å²) in [6.45, 7) is 0. The Labute approximate surface area is 74.2 Å². The van der Waals surface area contributed by atoms with Gasteiger partial charge in [0.1, 0.15) is 0 Å². The van der Waals surface area contributed by atoms with Crippen molar-refractivity contribution >= 4 is 11.9 Å². The summed E-state index contributed by atoms with van der Waals surface area (Å²) in [6.07, 6.45) is 0. The normalized spacial score (nSPS) is 5.50. The van der Waals surface area contributed by atoms with Crippen LogP contribution in [0.5, 0.6) is 0 Å². The van der Waals surface area contributed by atoms with Crippen molar-refractivity contribution in [3.05, 3.63) is 0 Å². The minimum atomic E-state index is -1.82. The number of rotatable bonds is 0. The summed E-state index contributed by atoms with van der Waals surface area (Å²) in [5, 5.41) is 14.8. The largest absolute Gasteiger partial charge is 0.473 e. The molecule has 0 fully saturated rings. The Morgan fingerprint density at radius 3 is 1.12 bits per heavy atom. The number of carboxylic acids is 2. The van der Waals surface area contributed by atoms with Gasteiger partial charge < -0.3 is 15.7 Å². The van der Waals surface area contributed by atoms with Gasteiger partial charge in [0.15, 0.2) is 0 Å². The molecule has 8 heavy (non-hydrogen) atoms. The van der Waals surface area contributed by atoms with Crippen LogP contribution in [0.15, 0.2) is 0 Å². The quantitative estimate of drug-likeness (QED) is 0.515. The van der Waals surface area contributed by atoms with Crippen LogP contribution in [-0.2, 0) is 9.59 Å². The fourth-order valence-electron chi connectivity index (χ4n) is 0. The molecule has 4 N–H and O–H groups in total. The predicted molar refractivity (Wildman–Crippen MR) is 18.9 cm³/mol. The zero-order chi connectivity index (χ0) is 5.15. The number of carbonyl (C=O) groups is 2. The molecule has 0 aromatic rings. The summed E-state index contributed by atoms with van der Waals surface area (Å²) in [4.78, 5) is 18.2. The zero-order valence-electron chi connectivity index (χ0n) is 3.50. The standard InChI is InChI=1S/C2H2O4.Er.H2O/c3-1(4)2(5)6;;/h(H,3,4)(H,5,6);;1H2. The van der Waals surface area contributed by atoms with Gasteiger partial charge in [0.05, 0.1) is 0 Å². The maximum absolute atomic E-state index is 9.10. The van der Waals surface area contributed by atoms with Crippen molar-refractivity contribution in [1.29, 1.82) is 0 Å². The zero-order valence-corrected chi connectivity index (χ0v) is 5.35.